The minimum absolute atomic E-state index is 0.0303. The number of piperazine rings is 1. The van der Waals surface area contributed by atoms with Crippen LogP contribution >= 0.6 is 11.6 Å². The summed E-state index contributed by atoms with van der Waals surface area (Å²) < 4.78 is -0.357. The summed E-state index contributed by atoms with van der Waals surface area (Å²) in [6.45, 7) is 0.828. The molecule has 3 aliphatic rings. The van der Waals surface area contributed by atoms with Gasteiger partial charge in [-0.1, -0.05) is 35.9 Å². The van der Waals surface area contributed by atoms with Crippen LogP contribution in [0.25, 0.3) is 10.8 Å². The van der Waals surface area contributed by atoms with Crippen LogP contribution in [-0.4, -0.2) is 69.1 Å². The molecule has 0 aliphatic carbocycles. The first-order chi connectivity index (χ1) is 17.3. The fourth-order valence-corrected chi connectivity index (χ4v) is 6.03. The molecule has 0 saturated carbocycles. The van der Waals surface area contributed by atoms with Gasteiger partial charge in [-0.15, -0.1) is 0 Å². The van der Waals surface area contributed by atoms with Gasteiger partial charge in [0, 0.05) is 22.4 Å². The molecular formula is C25H18ClN5O5+2. The molecule has 3 fully saturated rings. The molecule has 178 valence electrons. The van der Waals surface area contributed by atoms with Gasteiger partial charge in [0.2, 0.25) is 5.78 Å². The van der Waals surface area contributed by atoms with Crippen LogP contribution in [0.1, 0.15) is 15.9 Å². The number of carbonyl (C=O) groups is 3. The van der Waals surface area contributed by atoms with Gasteiger partial charge in [-0.2, -0.15) is 10.2 Å². The number of rotatable bonds is 4. The average Bonchev–Trinajstić information content (AvgIpc) is 3.51. The molecule has 3 amide bonds. The molecule has 1 N–H and O–H groups in total. The summed E-state index contributed by atoms with van der Waals surface area (Å²) in [6, 6.07) is 14.2. The maximum absolute atomic E-state index is 14.1. The van der Waals surface area contributed by atoms with Gasteiger partial charge in [-0.25, -0.2) is 19.4 Å². The number of hydrogen-bond acceptors (Lipinski definition) is 6. The molecule has 2 bridgehead atoms. The Labute approximate surface area is 209 Å². The molecule has 3 aromatic carbocycles. The first-order valence-electron chi connectivity index (χ1n) is 11.2. The molecule has 3 aliphatic heterocycles. The van der Waals surface area contributed by atoms with E-state index < -0.39 is 34.7 Å². The van der Waals surface area contributed by atoms with Gasteiger partial charge in [-0.3, -0.25) is 9.59 Å². The van der Waals surface area contributed by atoms with Gasteiger partial charge in [0.1, 0.15) is 11.7 Å². The lowest BCUT2D eigenvalue weighted by Gasteiger charge is -2.32. The number of carbonyl (C=O) groups excluding carboxylic acids is 3. The van der Waals surface area contributed by atoms with Crippen LogP contribution in [-0.2, 0) is 4.79 Å². The molecule has 0 radical (unpaired) electrons. The second-order valence-corrected chi connectivity index (χ2v) is 9.60. The third kappa shape index (κ3) is 2.82. The Morgan fingerprint density at radius 2 is 1.86 bits per heavy atom. The molecule has 11 heteroatoms. The van der Waals surface area contributed by atoms with Gasteiger partial charge >= 0.3 is 11.7 Å². The molecule has 3 saturated heterocycles. The Morgan fingerprint density at radius 3 is 2.58 bits per heavy atom. The lowest BCUT2D eigenvalue weighted by atomic mass is 9.98. The van der Waals surface area contributed by atoms with Crippen LogP contribution in [0.4, 0.5) is 16.2 Å². The van der Waals surface area contributed by atoms with Crippen LogP contribution in [0.15, 0.2) is 54.6 Å². The first kappa shape index (κ1) is 22.3. The minimum atomic E-state index is -0.873. The standard InChI is InChI=1S/C25H18ClN5O5/c26-18-7-5-14(9-20(18)30(35)36)23(32)21-11-28-12-22-24(33)29(25(34)31(21,22)13-28)19-8-6-15(10-27)16-3-1-2-4-17(16)19/h1-9,21-22H,11-13H2,(H,35,36)/q+2. The SMILES string of the molecule is N#Cc1ccc(N2C(=O)C3C[N@]4CC(C(=O)c5ccc(Cl)c([N+](=O)O)c5)[N+]3(C4)C2=O)c2ccccc12. The summed E-state index contributed by atoms with van der Waals surface area (Å²) in [5.41, 5.74) is 0.627. The normalized spacial score (nSPS) is 26.3. The van der Waals surface area contributed by atoms with Gasteiger partial charge in [0.25, 0.3) is 10.8 Å². The van der Waals surface area contributed by atoms with Crippen LogP contribution in [0, 0.1) is 16.2 Å². The van der Waals surface area contributed by atoms with E-state index in [0.717, 1.165) is 4.90 Å². The topological polar surface area (TPSA) is 122 Å². The van der Waals surface area contributed by atoms with Crippen molar-refractivity contribution in [3.05, 3.63) is 75.7 Å². The highest BCUT2D eigenvalue weighted by Crippen LogP contribution is 2.45. The van der Waals surface area contributed by atoms with E-state index in [1.54, 1.807) is 36.4 Å². The van der Waals surface area contributed by atoms with E-state index in [1.807, 2.05) is 4.90 Å². The van der Waals surface area contributed by atoms with Gasteiger partial charge in [0.15, 0.2) is 12.1 Å². The highest BCUT2D eigenvalue weighted by Gasteiger charge is 2.73. The van der Waals surface area contributed by atoms with Crippen molar-refractivity contribution in [3.8, 4) is 6.07 Å². The zero-order valence-electron chi connectivity index (χ0n) is 18.7. The van der Waals surface area contributed by atoms with Crippen molar-refractivity contribution in [3.63, 3.8) is 0 Å². The molecule has 6 rings (SSSR count). The van der Waals surface area contributed by atoms with Crippen molar-refractivity contribution in [1.29, 1.82) is 5.26 Å². The van der Waals surface area contributed by atoms with Crippen molar-refractivity contribution in [1.82, 2.24) is 4.90 Å². The molecule has 3 heterocycles. The minimum Gasteiger partial charge on any atom is -0.287 e. The van der Waals surface area contributed by atoms with Gasteiger partial charge in [0.05, 0.1) is 35.3 Å². The number of benzene rings is 3. The zero-order valence-corrected chi connectivity index (χ0v) is 19.4. The number of Topliss-reactive ketones (excluding diaryl/α,β-unsaturated/α-hetero) is 1. The maximum atomic E-state index is 14.1. The van der Waals surface area contributed by atoms with Crippen molar-refractivity contribution in [2.45, 2.75) is 12.1 Å². The summed E-state index contributed by atoms with van der Waals surface area (Å²) in [5, 5.41) is 20.0. The first-order valence-corrected chi connectivity index (χ1v) is 11.6. The second kappa shape index (κ2) is 7.66. The molecule has 3 unspecified atom stereocenters. The van der Waals surface area contributed by atoms with Crippen molar-refractivity contribution < 1.29 is 29.0 Å². The number of urea groups is 1. The Kier molecular flexibility index (Phi) is 4.75. The fraction of sp³-hybridized carbons (Fsp3) is 0.200. The van der Waals surface area contributed by atoms with E-state index in [4.69, 9.17) is 11.6 Å². The number of hydrogen-bond donors (Lipinski definition) is 1. The largest absolute Gasteiger partial charge is 0.433 e. The summed E-state index contributed by atoms with van der Waals surface area (Å²) in [6.07, 6.45) is 0. The third-order valence-corrected chi connectivity index (χ3v) is 7.78. The number of quaternary nitrogens is 1. The molecule has 36 heavy (non-hydrogen) atoms. The van der Waals surface area contributed by atoms with Crippen molar-refractivity contribution >= 4 is 51.5 Å². The van der Waals surface area contributed by atoms with Gasteiger partial charge < -0.3 is 0 Å². The number of anilines is 1. The number of amides is 3. The van der Waals surface area contributed by atoms with E-state index in [9.17, 15) is 29.8 Å². The Hall–Kier alpha value is -4.17. The quantitative estimate of drug-likeness (QED) is 0.251. The number of imide groups is 1. The van der Waals surface area contributed by atoms with Gasteiger partial charge in [-0.05, 0) is 24.3 Å². The number of ketones is 1. The smallest absolute Gasteiger partial charge is 0.287 e. The number of nitriles is 1. The van der Waals surface area contributed by atoms with E-state index in [1.165, 1.54) is 18.2 Å². The average molecular weight is 504 g/mol. The van der Waals surface area contributed by atoms with E-state index in [-0.39, 0.29) is 34.0 Å². The molecule has 10 nitrogen and oxygen atoms in total. The maximum Gasteiger partial charge on any atom is 0.433 e. The Bertz CT molecular complexity index is 1580. The highest BCUT2D eigenvalue weighted by atomic mass is 35.5. The predicted octanol–water partition coefficient (Wildman–Crippen LogP) is 3.35. The Balaban J connectivity index is 1.44. The number of fused-ring (bicyclic) bond motifs is 2. The molecule has 4 atom stereocenters. The highest BCUT2D eigenvalue weighted by molar-refractivity contribution is 6.32. The van der Waals surface area contributed by atoms with Crippen LogP contribution in [0.5, 0.6) is 0 Å². The summed E-state index contributed by atoms with van der Waals surface area (Å²) >= 11 is 5.95. The molecular weight excluding hydrogens is 486 g/mol. The molecule has 1 spiro atoms. The number of halogens is 1. The number of nitrogens with zero attached hydrogens (tertiary/aromatic N) is 5. The second-order valence-electron chi connectivity index (χ2n) is 9.19. The summed E-state index contributed by atoms with van der Waals surface area (Å²) in [7, 11) is 0. The lowest BCUT2D eigenvalue weighted by molar-refractivity contribution is -0.852. The van der Waals surface area contributed by atoms with Crippen LogP contribution < -0.4 is 4.90 Å². The third-order valence-electron chi connectivity index (χ3n) is 7.46. The van der Waals surface area contributed by atoms with Crippen molar-refractivity contribution in [2.24, 2.45) is 0 Å². The van der Waals surface area contributed by atoms with Crippen LogP contribution in [0.2, 0.25) is 5.02 Å². The van der Waals surface area contributed by atoms with E-state index >= 15 is 0 Å². The zero-order chi connectivity index (χ0) is 25.4. The predicted molar refractivity (Wildman–Crippen MR) is 127 cm³/mol. The van der Waals surface area contributed by atoms with E-state index in [0.29, 0.717) is 28.6 Å². The lowest BCUT2D eigenvalue weighted by Crippen LogP contribution is -2.62. The summed E-state index contributed by atoms with van der Waals surface area (Å²) in [4.78, 5) is 55.5. The fourth-order valence-electron chi connectivity index (χ4n) is 5.84. The Morgan fingerprint density at radius 1 is 1.11 bits per heavy atom. The van der Waals surface area contributed by atoms with Crippen LogP contribution in [0.3, 0.4) is 0 Å². The monoisotopic (exact) mass is 503 g/mol. The summed E-state index contributed by atoms with van der Waals surface area (Å²) in [5.74, 6) is -0.817. The molecule has 0 aromatic heterocycles. The molecule has 3 aromatic rings. The van der Waals surface area contributed by atoms with Crippen molar-refractivity contribution in [2.75, 3.05) is 24.7 Å². The van der Waals surface area contributed by atoms with E-state index in [2.05, 4.69) is 6.07 Å².